The van der Waals surface area contributed by atoms with Gasteiger partial charge in [0.05, 0.1) is 11.4 Å². The molecule has 2 aromatic rings. The molecule has 0 aliphatic carbocycles. The van der Waals surface area contributed by atoms with Crippen LogP contribution in [0.15, 0.2) is 47.5 Å². The van der Waals surface area contributed by atoms with Crippen molar-refractivity contribution in [3.05, 3.63) is 53.6 Å². The van der Waals surface area contributed by atoms with Crippen LogP contribution in [0.2, 0.25) is 0 Å². The highest BCUT2D eigenvalue weighted by Gasteiger charge is 2.32. The molecule has 2 aromatic carbocycles. The van der Waals surface area contributed by atoms with E-state index in [1.807, 2.05) is 25.1 Å². The lowest BCUT2D eigenvalue weighted by Crippen LogP contribution is -2.31. The van der Waals surface area contributed by atoms with Gasteiger partial charge in [-0.25, -0.2) is 4.79 Å². The quantitative estimate of drug-likeness (QED) is 0.717. The van der Waals surface area contributed by atoms with E-state index in [1.165, 1.54) is 16.7 Å². The molecule has 150 valence electrons. The van der Waals surface area contributed by atoms with Crippen molar-refractivity contribution in [3.63, 3.8) is 0 Å². The summed E-state index contributed by atoms with van der Waals surface area (Å²) in [6.45, 7) is 6.09. The van der Waals surface area contributed by atoms with Crippen LogP contribution in [0.25, 0.3) is 0 Å². The molecule has 1 aliphatic rings. The van der Waals surface area contributed by atoms with Crippen LogP contribution < -0.4 is 15.5 Å². The summed E-state index contributed by atoms with van der Waals surface area (Å²) < 4.78 is 0. The molecular formula is C21H22N4O3S. The third-order valence-corrected chi connectivity index (χ3v) is 5.30. The summed E-state index contributed by atoms with van der Waals surface area (Å²) in [5.41, 5.74) is 3.98. The third-order valence-electron chi connectivity index (χ3n) is 4.37. The van der Waals surface area contributed by atoms with Crippen molar-refractivity contribution in [2.24, 2.45) is 4.99 Å². The number of aryl methyl sites for hydroxylation is 1. The Hall–Kier alpha value is -3.13. The molecule has 2 N–H and O–H groups in total. The number of thioether (sulfide) groups is 1. The largest absolute Gasteiger partial charge is 0.347 e. The molecular weight excluding hydrogens is 388 g/mol. The van der Waals surface area contributed by atoms with E-state index < -0.39 is 6.03 Å². The maximum atomic E-state index is 12.6. The summed E-state index contributed by atoms with van der Waals surface area (Å²) in [5, 5.41) is 5.57. The lowest BCUT2D eigenvalue weighted by atomic mass is 9.99. The van der Waals surface area contributed by atoms with Gasteiger partial charge in [0, 0.05) is 11.4 Å². The SMILES string of the molecule is Cc1ccc(C(C)C)c(N2C(=O)CSC2=NC(=O)Nc2ccc(NC=O)cc2)c1. The second-order valence-corrected chi connectivity index (χ2v) is 7.84. The van der Waals surface area contributed by atoms with E-state index >= 15 is 0 Å². The van der Waals surface area contributed by atoms with Gasteiger partial charge in [0.2, 0.25) is 12.3 Å². The second kappa shape index (κ2) is 8.91. The average molecular weight is 410 g/mol. The lowest BCUT2D eigenvalue weighted by Gasteiger charge is -2.22. The highest BCUT2D eigenvalue weighted by molar-refractivity contribution is 8.15. The number of hydrogen-bond donors (Lipinski definition) is 2. The number of carbonyl (C=O) groups excluding carboxylic acids is 3. The van der Waals surface area contributed by atoms with Crippen molar-refractivity contribution in [2.75, 3.05) is 21.3 Å². The molecule has 8 heteroatoms. The number of benzene rings is 2. The lowest BCUT2D eigenvalue weighted by molar-refractivity contribution is -0.115. The molecule has 7 nitrogen and oxygen atoms in total. The van der Waals surface area contributed by atoms with Crippen LogP contribution >= 0.6 is 11.8 Å². The molecule has 0 atom stereocenters. The standard InChI is InChI=1S/C21H22N4O3S/c1-13(2)17-9-4-14(3)10-18(17)25-19(27)11-29-21(25)24-20(28)23-16-7-5-15(6-8-16)22-12-26/h4-10,12-13H,11H2,1-3H3,(H,22,26)(H,23,28). The number of carbonyl (C=O) groups is 3. The topological polar surface area (TPSA) is 90.9 Å². The minimum Gasteiger partial charge on any atom is -0.329 e. The minimum absolute atomic E-state index is 0.0988. The van der Waals surface area contributed by atoms with Crippen LogP contribution in [-0.4, -0.2) is 29.3 Å². The highest BCUT2D eigenvalue weighted by Crippen LogP contribution is 2.34. The molecule has 1 saturated heterocycles. The zero-order valence-electron chi connectivity index (χ0n) is 16.4. The van der Waals surface area contributed by atoms with Crippen LogP contribution in [0.4, 0.5) is 21.9 Å². The van der Waals surface area contributed by atoms with Crippen molar-refractivity contribution in [1.29, 1.82) is 0 Å². The summed E-state index contributed by atoms with van der Waals surface area (Å²) in [6, 6.07) is 12.1. The maximum absolute atomic E-state index is 12.6. The number of urea groups is 1. The molecule has 29 heavy (non-hydrogen) atoms. The summed E-state index contributed by atoms with van der Waals surface area (Å²) in [7, 11) is 0. The predicted molar refractivity (Wildman–Crippen MR) is 118 cm³/mol. The van der Waals surface area contributed by atoms with E-state index in [0.717, 1.165) is 16.8 Å². The zero-order valence-corrected chi connectivity index (χ0v) is 17.2. The van der Waals surface area contributed by atoms with Gasteiger partial charge < -0.3 is 10.6 Å². The van der Waals surface area contributed by atoms with Gasteiger partial charge in [0.15, 0.2) is 5.17 Å². The van der Waals surface area contributed by atoms with Crippen LogP contribution in [0, 0.1) is 6.92 Å². The fraction of sp³-hybridized carbons (Fsp3) is 0.238. The summed E-state index contributed by atoms with van der Waals surface area (Å²) in [4.78, 5) is 41.1. The van der Waals surface area contributed by atoms with Crippen molar-refractivity contribution in [2.45, 2.75) is 26.7 Å². The molecule has 0 aromatic heterocycles. The fourth-order valence-electron chi connectivity index (χ4n) is 2.97. The van der Waals surface area contributed by atoms with Crippen LogP contribution in [-0.2, 0) is 9.59 Å². The Bertz CT molecular complexity index is 970. The van der Waals surface area contributed by atoms with Crippen LogP contribution in [0.1, 0.15) is 30.9 Å². The van der Waals surface area contributed by atoms with E-state index in [1.54, 1.807) is 24.3 Å². The Labute approximate surface area is 173 Å². The molecule has 0 saturated carbocycles. The van der Waals surface area contributed by atoms with E-state index in [0.29, 0.717) is 23.0 Å². The van der Waals surface area contributed by atoms with Gasteiger partial charge in [-0.15, -0.1) is 0 Å². The Kier molecular flexibility index (Phi) is 6.33. The number of aliphatic imine (C=N–C) groups is 1. The summed E-state index contributed by atoms with van der Waals surface area (Å²) >= 11 is 1.24. The van der Waals surface area contributed by atoms with Gasteiger partial charge in [-0.05, 0) is 54.3 Å². The van der Waals surface area contributed by atoms with Crippen molar-refractivity contribution >= 4 is 52.3 Å². The molecule has 1 heterocycles. The normalized spacial score (nSPS) is 15.1. The first kappa shape index (κ1) is 20.6. The number of nitrogens with one attached hydrogen (secondary N) is 2. The average Bonchev–Trinajstić information content (AvgIpc) is 3.03. The summed E-state index contributed by atoms with van der Waals surface area (Å²) in [6.07, 6.45) is 0.583. The monoisotopic (exact) mass is 410 g/mol. The number of rotatable bonds is 5. The molecule has 0 bridgehead atoms. The molecule has 0 unspecified atom stereocenters. The molecule has 0 spiro atoms. The van der Waals surface area contributed by atoms with Gasteiger partial charge in [-0.3, -0.25) is 14.5 Å². The minimum atomic E-state index is -0.568. The van der Waals surface area contributed by atoms with E-state index in [4.69, 9.17) is 0 Å². The van der Waals surface area contributed by atoms with Gasteiger partial charge in [0.25, 0.3) is 0 Å². The zero-order chi connectivity index (χ0) is 21.0. The highest BCUT2D eigenvalue weighted by atomic mass is 32.2. The molecule has 1 fully saturated rings. The first-order chi connectivity index (χ1) is 13.9. The Balaban J connectivity index is 1.84. The Morgan fingerprint density at radius 1 is 1.17 bits per heavy atom. The van der Waals surface area contributed by atoms with E-state index in [9.17, 15) is 14.4 Å². The molecule has 0 radical (unpaired) electrons. The number of hydrogen-bond acceptors (Lipinski definition) is 4. The first-order valence-corrected chi connectivity index (χ1v) is 10.1. The second-order valence-electron chi connectivity index (χ2n) is 6.90. The van der Waals surface area contributed by atoms with E-state index in [-0.39, 0.29) is 17.6 Å². The fourth-order valence-corrected chi connectivity index (χ4v) is 3.83. The molecule has 1 aliphatic heterocycles. The molecule has 4 amide bonds. The number of anilines is 3. The van der Waals surface area contributed by atoms with Crippen molar-refractivity contribution < 1.29 is 14.4 Å². The van der Waals surface area contributed by atoms with Crippen LogP contribution in [0.3, 0.4) is 0 Å². The first-order valence-electron chi connectivity index (χ1n) is 9.15. The van der Waals surface area contributed by atoms with Gasteiger partial charge in [-0.2, -0.15) is 4.99 Å². The van der Waals surface area contributed by atoms with Gasteiger partial charge >= 0.3 is 6.03 Å². The van der Waals surface area contributed by atoms with Crippen molar-refractivity contribution in [3.8, 4) is 0 Å². The Morgan fingerprint density at radius 3 is 2.52 bits per heavy atom. The number of nitrogens with zero attached hydrogens (tertiary/aromatic N) is 2. The Morgan fingerprint density at radius 2 is 1.86 bits per heavy atom. The third kappa shape index (κ3) is 4.83. The van der Waals surface area contributed by atoms with Crippen molar-refractivity contribution in [1.82, 2.24) is 0 Å². The van der Waals surface area contributed by atoms with Gasteiger partial charge in [0.1, 0.15) is 0 Å². The number of amides is 4. The van der Waals surface area contributed by atoms with E-state index in [2.05, 4.69) is 29.5 Å². The van der Waals surface area contributed by atoms with Crippen LogP contribution in [0.5, 0.6) is 0 Å². The van der Waals surface area contributed by atoms with Gasteiger partial charge in [-0.1, -0.05) is 37.7 Å². The summed E-state index contributed by atoms with van der Waals surface area (Å²) in [5.74, 6) is 0.361. The molecule has 3 rings (SSSR count). The number of amidine groups is 1. The maximum Gasteiger partial charge on any atom is 0.347 e. The predicted octanol–water partition coefficient (Wildman–Crippen LogP) is 4.35. The smallest absolute Gasteiger partial charge is 0.329 e.